The maximum Gasteiger partial charge on any atom is 0.0107 e. The molecule has 0 radical (unpaired) electrons. The van der Waals surface area contributed by atoms with Gasteiger partial charge in [-0.25, -0.2) is 0 Å². The van der Waals surface area contributed by atoms with Crippen LogP contribution in [0.25, 0.3) is 0 Å². The smallest absolute Gasteiger partial charge is 0.0107 e. The Morgan fingerprint density at radius 3 is 2.68 bits per heavy atom. The van der Waals surface area contributed by atoms with Crippen LogP contribution in [0.1, 0.15) is 51.5 Å². The summed E-state index contributed by atoms with van der Waals surface area (Å²) in [5, 5.41) is 3.72. The third-order valence-electron chi connectivity index (χ3n) is 4.43. The molecule has 1 aliphatic heterocycles. The predicted octanol–water partition coefficient (Wildman–Crippen LogP) is 4.43. The van der Waals surface area contributed by atoms with Gasteiger partial charge in [0.2, 0.25) is 0 Å². The molecule has 0 bridgehead atoms. The van der Waals surface area contributed by atoms with Gasteiger partial charge in [-0.05, 0) is 63.0 Å². The van der Waals surface area contributed by atoms with Crippen molar-refractivity contribution in [3.8, 4) is 0 Å². The molecule has 2 heteroatoms. The Hall–Kier alpha value is -0.470. The highest BCUT2D eigenvalue weighted by atomic mass is 32.2. The van der Waals surface area contributed by atoms with Crippen LogP contribution in [0.3, 0.4) is 0 Å². The van der Waals surface area contributed by atoms with Crippen molar-refractivity contribution in [2.45, 2.75) is 56.4 Å². The van der Waals surface area contributed by atoms with Gasteiger partial charge >= 0.3 is 0 Å². The van der Waals surface area contributed by atoms with Crippen LogP contribution in [0, 0.1) is 5.41 Å². The fourth-order valence-corrected chi connectivity index (χ4v) is 4.26. The Balaban J connectivity index is 1.63. The van der Waals surface area contributed by atoms with Crippen LogP contribution < -0.4 is 5.32 Å². The highest BCUT2D eigenvalue weighted by molar-refractivity contribution is 7.99. The lowest BCUT2D eigenvalue weighted by molar-refractivity contribution is 0.333. The van der Waals surface area contributed by atoms with Crippen molar-refractivity contribution in [2.75, 3.05) is 12.3 Å². The molecule has 3 rings (SSSR count). The van der Waals surface area contributed by atoms with Crippen molar-refractivity contribution < 1.29 is 0 Å². The average Bonchev–Trinajstić information content (AvgIpc) is 3.01. The number of nitrogens with one attached hydrogen (secondary N) is 1. The number of rotatable bonds is 4. The summed E-state index contributed by atoms with van der Waals surface area (Å²) in [6.07, 6.45) is 4.21. The molecule has 1 nitrogen and oxygen atoms in total. The Morgan fingerprint density at radius 1 is 1.26 bits per heavy atom. The zero-order chi connectivity index (χ0) is 13.5. The average molecular weight is 275 g/mol. The van der Waals surface area contributed by atoms with Crippen LogP contribution in [0.15, 0.2) is 29.2 Å². The largest absolute Gasteiger partial charge is 0.312 e. The minimum Gasteiger partial charge on any atom is -0.312 e. The summed E-state index contributed by atoms with van der Waals surface area (Å²) in [5.74, 6) is 2.07. The fraction of sp³-hybridized carbons (Fsp3) is 0.647. The first-order valence-corrected chi connectivity index (χ1v) is 8.43. The molecule has 0 saturated heterocycles. The summed E-state index contributed by atoms with van der Waals surface area (Å²) < 4.78 is 0. The second kappa shape index (κ2) is 4.82. The van der Waals surface area contributed by atoms with E-state index in [0.717, 1.165) is 5.92 Å². The normalized spacial score (nSPS) is 24.3. The van der Waals surface area contributed by atoms with E-state index in [1.54, 1.807) is 5.56 Å². The Morgan fingerprint density at radius 2 is 2.00 bits per heavy atom. The van der Waals surface area contributed by atoms with E-state index in [4.69, 9.17) is 0 Å². The van der Waals surface area contributed by atoms with Crippen LogP contribution in [-0.2, 0) is 0 Å². The molecular formula is C17H25NS. The maximum atomic E-state index is 3.72. The van der Waals surface area contributed by atoms with E-state index in [0.29, 0.717) is 5.41 Å². The van der Waals surface area contributed by atoms with E-state index in [2.05, 4.69) is 50.4 Å². The topological polar surface area (TPSA) is 12.0 Å². The van der Waals surface area contributed by atoms with Crippen molar-refractivity contribution >= 4 is 11.8 Å². The summed E-state index contributed by atoms with van der Waals surface area (Å²) >= 11 is 2.05. The second-order valence-electron chi connectivity index (χ2n) is 7.35. The van der Waals surface area contributed by atoms with Gasteiger partial charge < -0.3 is 5.32 Å². The van der Waals surface area contributed by atoms with Crippen LogP contribution >= 0.6 is 11.8 Å². The number of hydrogen-bond acceptors (Lipinski definition) is 2. The molecule has 104 valence electrons. The highest BCUT2D eigenvalue weighted by Crippen LogP contribution is 2.55. The minimum atomic E-state index is 0.248. The number of fused-ring (bicyclic) bond motifs is 1. The second-order valence-corrected chi connectivity index (χ2v) is 8.42. The quantitative estimate of drug-likeness (QED) is 0.872. The first-order chi connectivity index (χ1) is 8.98. The van der Waals surface area contributed by atoms with Crippen LogP contribution in [0.4, 0.5) is 0 Å². The molecular weight excluding hydrogens is 250 g/mol. The number of thioether (sulfide) groups is 1. The molecule has 1 aromatic rings. The molecule has 1 fully saturated rings. The van der Waals surface area contributed by atoms with Gasteiger partial charge in [-0.15, -0.1) is 11.8 Å². The Bertz CT molecular complexity index is 457. The summed E-state index contributed by atoms with van der Waals surface area (Å²) in [6, 6.07) is 8.99. The molecule has 2 aliphatic rings. The Labute approximate surface area is 121 Å². The summed E-state index contributed by atoms with van der Waals surface area (Å²) in [5.41, 5.74) is 2.45. The van der Waals surface area contributed by atoms with Gasteiger partial charge in [0, 0.05) is 22.7 Å². The van der Waals surface area contributed by atoms with Crippen molar-refractivity contribution in [1.82, 2.24) is 5.32 Å². The number of benzene rings is 1. The minimum absolute atomic E-state index is 0.248. The fourth-order valence-electron chi connectivity index (χ4n) is 3.00. The SMILES string of the molecule is CC(C)(C)NCC1(CC2CSc3ccccc32)CC1. The first kappa shape index (κ1) is 13.5. The molecule has 1 saturated carbocycles. The van der Waals surface area contributed by atoms with E-state index in [1.807, 2.05) is 11.8 Å². The van der Waals surface area contributed by atoms with Crippen molar-refractivity contribution in [3.63, 3.8) is 0 Å². The lowest BCUT2D eigenvalue weighted by atomic mass is 9.87. The van der Waals surface area contributed by atoms with E-state index >= 15 is 0 Å². The zero-order valence-corrected chi connectivity index (χ0v) is 13.1. The van der Waals surface area contributed by atoms with Crippen molar-refractivity contribution in [3.05, 3.63) is 29.8 Å². The van der Waals surface area contributed by atoms with Crippen molar-refractivity contribution in [1.29, 1.82) is 0 Å². The van der Waals surface area contributed by atoms with Crippen LogP contribution in [0.5, 0.6) is 0 Å². The van der Waals surface area contributed by atoms with Crippen LogP contribution in [0.2, 0.25) is 0 Å². The zero-order valence-electron chi connectivity index (χ0n) is 12.3. The van der Waals surface area contributed by atoms with E-state index < -0.39 is 0 Å². The van der Waals surface area contributed by atoms with Gasteiger partial charge in [0.05, 0.1) is 0 Å². The van der Waals surface area contributed by atoms with Gasteiger partial charge in [0.1, 0.15) is 0 Å². The summed E-state index contributed by atoms with van der Waals surface area (Å²) in [7, 11) is 0. The summed E-state index contributed by atoms with van der Waals surface area (Å²) in [4.78, 5) is 1.52. The Kier molecular flexibility index (Phi) is 3.43. The van der Waals surface area contributed by atoms with E-state index in [-0.39, 0.29) is 5.54 Å². The van der Waals surface area contributed by atoms with Gasteiger partial charge in [-0.1, -0.05) is 18.2 Å². The third-order valence-corrected chi connectivity index (χ3v) is 5.68. The highest BCUT2D eigenvalue weighted by Gasteiger charge is 2.45. The van der Waals surface area contributed by atoms with Gasteiger partial charge in [0.15, 0.2) is 0 Å². The predicted molar refractivity (Wildman–Crippen MR) is 83.9 cm³/mol. The molecule has 1 heterocycles. The van der Waals surface area contributed by atoms with Gasteiger partial charge in [-0.2, -0.15) is 0 Å². The molecule has 1 aromatic carbocycles. The van der Waals surface area contributed by atoms with E-state index in [9.17, 15) is 0 Å². The molecule has 19 heavy (non-hydrogen) atoms. The van der Waals surface area contributed by atoms with Crippen LogP contribution in [-0.4, -0.2) is 17.8 Å². The summed E-state index contributed by atoms with van der Waals surface area (Å²) in [6.45, 7) is 8.00. The molecule has 1 N–H and O–H groups in total. The molecule has 1 unspecified atom stereocenters. The molecule has 1 aliphatic carbocycles. The lowest BCUT2D eigenvalue weighted by Gasteiger charge is -2.27. The maximum absolute atomic E-state index is 3.72. The van der Waals surface area contributed by atoms with Crippen molar-refractivity contribution in [2.24, 2.45) is 5.41 Å². The molecule has 0 spiro atoms. The third kappa shape index (κ3) is 3.17. The first-order valence-electron chi connectivity index (χ1n) is 7.44. The lowest BCUT2D eigenvalue weighted by Crippen LogP contribution is -2.40. The number of hydrogen-bond donors (Lipinski definition) is 1. The molecule has 0 aromatic heterocycles. The van der Waals surface area contributed by atoms with Gasteiger partial charge in [0.25, 0.3) is 0 Å². The standard InChI is InChI=1S/C17H25NS/c1-16(2,3)18-12-17(8-9-17)10-13-11-19-15-7-5-4-6-14(13)15/h4-7,13,18H,8-12H2,1-3H3. The monoisotopic (exact) mass is 275 g/mol. The van der Waals surface area contributed by atoms with E-state index in [1.165, 1.54) is 36.5 Å². The molecule has 0 amide bonds. The molecule has 1 atom stereocenters. The van der Waals surface area contributed by atoms with Gasteiger partial charge in [-0.3, -0.25) is 0 Å².